The van der Waals surface area contributed by atoms with Crippen molar-refractivity contribution >= 4 is 13.6 Å². The van der Waals surface area contributed by atoms with E-state index in [1.54, 1.807) is 0 Å². The van der Waals surface area contributed by atoms with Crippen molar-refractivity contribution in [3.8, 4) is 5.75 Å². The van der Waals surface area contributed by atoms with Crippen LogP contribution >= 0.6 is 7.60 Å². The SMILES string of the molecule is CCOP(=O)(CC(=O)Oc1cccc(F)c1C(F)(F)F)OCC. The molecule has 0 heterocycles. The molecular formula is C13H15F4O5P. The molecular weight excluding hydrogens is 343 g/mol. The number of hydrogen-bond acceptors (Lipinski definition) is 5. The van der Waals surface area contributed by atoms with Crippen LogP contribution in [0.25, 0.3) is 0 Å². The Hall–Kier alpha value is -1.44. The van der Waals surface area contributed by atoms with Gasteiger partial charge in [-0.15, -0.1) is 0 Å². The van der Waals surface area contributed by atoms with Crippen molar-refractivity contribution in [1.29, 1.82) is 0 Å². The smallest absolute Gasteiger partial charge is 0.422 e. The number of carbonyl (C=O) groups excluding carboxylic acids is 1. The third kappa shape index (κ3) is 5.60. The lowest BCUT2D eigenvalue weighted by Crippen LogP contribution is -2.19. The third-order valence-electron chi connectivity index (χ3n) is 2.46. The molecule has 0 saturated heterocycles. The third-order valence-corrected chi connectivity index (χ3v) is 4.41. The van der Waals surface area contributed by atoms with E-state index in [9.17, 15) is 26.9 Å². The number of alkyl halides is 3. The maximum Gasteiger partial charge on any atom is 0.422 e. The summed E-state index contributed by atoms with van der Waals surface area (Å²) in [7, 11) is -3.83. The Balaban J connectivity index is 2.98. The molecule has 0 aromatic heterocycles. The molecule has 0 unspecified atom stereocenters. The van der Waals surface area contributed by atoms with E-state index < -0.39 is 43.0 Å². The predicted molar refractivity (Wildman–Crippen MR) is 72.8 cm³/mol. The summed E-state index contributed by atoms with van der Waals surface area (Å²) in [5.41, 5.74) is -1.71. The lowest BCUT2D eigenvalue weighted by atomic mass is 10.2. The molecule has 0 atom stereocenters. The quantitative estimate of drug-likeness (QED) is 0.319. The van der Waals surface area contributed by atoms with Gasteiger partial charge >= 0.3 is 19.7 Å². The summed E-state index contributed by atoms with van der Waals surface area (Å²) < 4.78 is 78.1. The van der Waals surface area contributed by atoms with Gasteiger partial charge in [0.25, 0.3) is 0 Å². The van der Waals surface area contributed by atoms with Gasteiger partial charge in [-0.3, -0.25) is 9.36 Å². The molecule has 1 rings (SSSR count). The van der Waals surface area contributed by atoms with Crippen LogP contribution in [-0.4, -0.2) is 25.3 Å². The van der Waals surface area contributed by atoms with Crippen LogP contribution in [0.2, 0.25) is 0 Å². The van der Waals surface area contributed by atoms with Crippen LogP contribution < -0.4 is 4.74 Å². The van der Waals surface area contributed by atoms with Gasteiger partial charge in [-0.05, 0) is 26.0 Å². The summed E-state index contributed by atoms with van der Waals surface area (Å²) in [6, 6.07) is 2.33. The number of rotatable bonds is 7. The largest absolute Gasteiger partial charge is 0.425 e. The van der Waals surface area contributed by atoms with E-state index >= 15 is 0 Å². The Kier molecular flexibility index (Phi) is 6.73. The fourth-order valence-electron chi connectivity index (χ4n) is 1.70. The van der Waals surface area contributed by atoms with Gasteiger partial charge in [-0.2, -0.15) is 13.2 Å². The van der Waals surface area contributed by atoms with Gasteiger partial charge in [0, 0.05) is 0 Å². The van der Waals surface area contributed by atoms with Crippen molar-refractivity contribution in [2.45, 2.75) is 20.0 Å². The molecule has 0 aliphatic carbocycles. The molecule has 0 saturated carbocycles. The zero-order valence-corrected chi connectivity index (χ0v) is 13.2. The Labute approximate surface area is 130 Å². The zero-order chi connectivity index (χ0) is 17.7. The fourth-order valence-corrected chi connectivity index (χ4v) is 3.12. The highest BCUT2D eigenvalue weighted by Crippen LogP contribution is 2.48. The van der Waals surface area contributed by atoms with E-state index in [0.717, 1.165) is 12.1 Å². The predicted octanol–water partition coefficient (Wildman–Crippen LogP) is 4.02. The molecule has 23 heavy (non-hydrogen) atoms. The van der Waals surface area contributed by atoms with E-state index in [1.807, 2.05) is 0 Å². The molecule has 1 aromatic rings. The van der Waals surface area contributed by atoms with E-state index in [1.165, 1.54) is 13.8 Å². The number of hydrogen-bond donors (Lipinski definition) is 0. The van der Waals surface area contributed by atoms with Crippen LogP contribution in [0.5, 0.6) is 5.75 Å². The summed E-state index contributed by atoms with van der Waals surface area (Å²) in [4.78, 5) is 11.7. The molecule has 0 radical (unpaired) electrons. The normalized spacial score (nSPS) is 12.3. The van der Waals surface area contributed by atoms with Crippen molar-refractivity contribution in [3.05, 3.63) is 29.6 Å². The molecule has 0 aliphatic rings. The van der Waals surface area contributed by atoms with Crippen molar-refractivity contribution in [2.75, 3.05) is 19.4 Å². The van der Waals surface area contributed by atoms with Gasteiger partial charge < -0.3 is 13.8 Å². The highest BCUT2D eigenvalue weighted by Gasteiger charge is 2.39. The van der Waals surface area contributed by atoms with Crippen LogP contribution in [0.4, 0.5) is 17.6 Å². The average molecular weight is 358 g/mol. The number of carbonyl (C=O) groups is 1. The van der Waals surface area contributed by atoms with Gasteiger partial charge in [0.1, 0.15) is 23.3 Å². The fraction of sp³-hybridized carbons (Fsp3) is 0.462. The highest BCUT2D eigenvalue weighted by atomic mass is 31.2. The van der Waals surface area contributed by atoms with E-state index in [-0.39, 0.29) is 13.2 Å². The van der Waals surface area contributed by atoms with Crippen molar-refractivity contribution in [3.63, 3.8) is 0 Å². The number of esters is 1. The summed E-state index contributed by atoms with van der Waals surface area (Å²) >= 11 is 0. The van der Waals surface area contributed by atoms with Gasteiger partial charge in [0.2, 0.25) is 0 Å². The first-order valence-corrected chi connectivity index (χ1v) is 8.30. The van der Waals surface area contributed by atoms with E-state index in [2.05, 4.69) is 4.74 Å². The monoisotopic (exact) mass is 358 g/mol. The zero-order valence-electron chi connectivity index (χ0n) is 12.4. The van der Waals surface area contributed by atoms with Crippen LogP contribution in [0, 0.1) is 5.82 Å². The van der Waals surface area contributed by atoms with Crippen LogP contribution in [-0.2, 0) is 24.6 Å². The lowest BCUT2D eigenvalue weighted by molar-refractivity contribution is -0.143. The van der Waals surface area contributed by atoms with E-state index in [4.69, 9.17) is 9.05 Å². The van der Waals surface area contributed by atoms with Crippen LogP contribution in [0.3, 0.4) is 0 Å². The molecule has 0 N–H and O–H groups in total. The minimum Gasteiger partial charge on any atom is -0.425 e. The molecule has 0 spiro atoms. The average Bonchev–Trinajstić information content (AvgIpc) is 2.36. The Morgan fingerprint density at radius 3 is 2.22 bits per heavy atom. The van der Waals surface area contributed by atoms with E-state index in [0.29, 0.717) is 6.07 Å². The summed E-state index contributed by atoms with van der Waals surface area (Å²) in [6.45, 7) is 2.95. The minimum atomic E-state index is -5.05. The molecule has 0 amide bonds. The Morgan fingerprint density at radius 1 is 1.17 bits per heavy atom. The van der Waals surface area contributed by atoms with Gasteiger partial charge in [-0.1, -0.05) is 6.07 Å². The first-order chi connectivity index (χ1) is 10.6. The minimum absolute atomic E-state index is 0.0294. The molecule has 10 heteroatoms. The maximum absolute atomic E-state index is 13.4. The van der Waals surface area contributed by atoms with Crippen molar-refractivity contribution in [1.82, 2.24) is 0 Å². The summed E-state index contributed by atoms with van der Waals surface area (Å²) in [5.74, 6) is -3.88. The van der Waals surface area contributed by atoms with Crippen molar-refractivity contribution < 1.29 is 40.7 Å². The highest BCUT2D eigenvalue weighted by molar-refractivity contribution is 7.54. The molecule has 5 nitrogen and oxygen atoms in total. The number of halogens is 4. The molecule has 130 valence electrons. The second-order valence-corrected chi connectivity index (χ2v) is 6.24. The van der Waals surface area contributed by atoms with Gasteiger partial charge in [-0.25, -0.2) is 4.39 Å². The lowest BCUT2D eigenvalue weighted by Gasteiger charge is -2.17. The second-order valence-electron chi connectivity index (χ2n) is 4.19. The second kappa shape index (κ2) is 7.90. The van der Waals surface area contributed by atoms with Crippen molar-refractivity contribution in [2.24, 2.45) is 0 Å². The summed E-state index contributed by atoms with van der Waals surface area (Å²) in [5, 5.41) is 0. The van der Waals surface area contributed by atoms with Crippen LogP contribution in [0.15, 0.2) is 18.2 Å². The molecule has 1 aromatic carbocycles. The summed E-state index contributed by atoms with van der Waals surface area (Å²) in [6.07, 6.45) is -5.94. The number of benzene rings is 1. The Morgan fingerprint density at radius 2 is 1.74 bits per heavy atom. The first-order valence-electron chi connectivity index (χ1n) is 6.57. The Bertz CT molecular complexity index is 593. The maximum atomic E-state index is 13.4. The van der Waals surface area contributed by atoms with Crippen LogP contribution in [0.1, 0.15) is 19.4 Å². The van der Waals surface area contributed by atoms with Gasteiger partial charge in [0.15, 0.2) is 0 Å². The molecule has 0 aliphatic heterocycles. The number of ether oxygens (including phenoxy) is 1. The molecule has 0 bridgehead atoms. The topological polar surface area (TPSA) is 61.8 Å². The molecule has 0 fully saturated rings. The van der Waals surface area contributed by atoms with Gasteiger partial charge in [0.05, 0.1) is 13.2 Å². The first kappa shape index (κ1) is 19.6. The standard InChI is InChI=1S/C13H15F4O5P/c1-3-20-23(19,21-4-2)8-11(18)22-10-7-5-6-9(14)12(10)13(15,16)17/h5-7H,3-4,8H2,1-2H3.